The number of benzene rings is 1. The molecule has 22 heavy (non-hydrogen) atoms. The Labute approximate surface area is 130 Å². The minimum atomic E-state index is -3.60. The second-order valence-electron chi connectivity index (χ2n) is 4.21. The first-order valence-corrected chi connectivity index (χ1v) is 8.53. The number of hydrogen-bond donors (Lipinski definition) is 2. The fraction of sp³-hybridized carbons (Fsp3) is 0.154. The highest BCUT2D eigenvalue weighted by molar-refractivity contribution is 7.91. The second-order valence-corrected chi connectivity index (χ2v) is 7.15. The van der Waals surface area contributed by atoms with E-state index in [-0.39, 0.29) is 22.9 Å². The maximum atomic E-state index is 13.4. The fourth-order valence-electron chi connectivity index (χ4n) is 1.62. The van der Waals surface area contributed by atoms with E-state index in [2.05, 4.69) is 10.0 Å². The van der Waals surface area contributed by atoms with Crippen molar-refractivity contribution >= 4 is 27.3 Å². The molecular weight excluding hydrogens is 334 g/mol. The van der Waals surface area contributed by atoms with E-state index in [1.165, 1.54) is 6.07 Å². The number of carbonyl (C=O) groups excluding carboxylic acids is 1. The fourth-order valence-corrected chi connectivity index (χ4v) is 3.69. The van der Waals surface area contributed by atoms with Crippen LogP contribution in [-0.4, -0.2) is 27.4 Å². The van der Waals surface area contributed by atoms with E-state index < -0.39 is 27.6 Å². The molecule has 5 nitrogen and oxygen atoms in total. The molecule has 9 heteroatoms. The molecule has 1 aromatic carbocycles. The molecule has 2 N–H and O–H groups in total. The smallest absolute Gasteiger partial charge is 0.254 e. The van der Waals surface area contributed by atoms with Crippen molar-refractivity contribution in [3.05, 3.63) is 52.9 Å². The average Bonchev–Trinajstić information content (AvgIpc) is 2.98. The number of hydrogen-bond acceptors (Lipinski definition) is 4. The van der Waals surface area contributed by atoms with Crippen LogP contribution in [0.1, 0.15) is 10.4 Å². The summed E-state index contributed by atoms with van der Waals surface area (Å²) in [7, 11) is -3.60. The Hall–Kier alpha value is -1.84. The number of nitrogens with one attached hydrogen (secondary N) is 2. The predicted octanol–water partition coefficient (Wildman–Crippen LogP) is 1.73. The zero-order chi connectivity index (χ0) is 16.2. The molecule has 2 rings (SSSR count). The van der Waals surface area contributed by atoms with Gasteiger partial charge in [0, 0.05) is 19.2 Å². The van der Waals surface area contributed by atoms with E-state index in [9.17, 15) is 22.0 Å². The van der Waals surface area contributed by atoms with Gasteiger partial charge in [-0.15, -0.1) is 11.3 Å². The van der Waals surface area contributed by atoms with Gasteiger partial charge >= 0.3 is 0 Å². The highest BCUT2D eigenvalue weighted by Crippen LogP contribution is 2.14. The van der Waals surface area contributed by atoms with Gasteiger partial charge < -0.3 is 5.32 Å². The largest absolute Gasteiger partial charge is 0.351 e. The van der Waals surface area contributed by atoms with Crippen LogP contribution in [0.25, 0.3) is 0 Å². The van der Waals surface area contributed by atoms with Gasteiger partial charge in [0.1, 0.15) is 15.8 Å². The first-order valence-electron chi connectivity index (χ1n) is 6.16. The van der Waals surface area contributed by atoms with Gasteiger partial charge in [0.15, 0.2) is 0 Å². The van der Waals surface area contributed by atoms with Crippen molar-refractivity contribution in [2.45, 2.75) is 4.21 Å². The van der Waals surface area contributed by atoms with E-state index in [0.717, 1.165) is 23.5 Å². The average molecular weight is 346 g/mol. The third-order valence-corrected chi connectivity index (χ3v) is 5.50. The third-order valence-electron chi connectivity index (χ3n) is 2.64. The second kappa shape index (κ2) is 6.95. The summed E-state index contributed by atoms with van der Waals surface area (Å²) in [5.41, 5.74) is -0.303. The lowest BCUT2D eigenvalue weighted by Crippen LogP contribution is -2.34. The number of amides is 1. The zero-order valence-electron chi connectivity index (χ0n) is 11.2. The Morgan fingerprint density at radius 1 is 1.18 bits per heavy atom. The summed E-state index contributed by atoms with van der Waals surface area (Å²) in [4.78, 5) is 11.7. The number of rotatable bonds is 6. The molecule has 0 aliphatic heterocycles. The topological polar surface area (TPSA) is 75.3 Å². The van der Waals surface area contributed by atoms with Gasteiger partial charge in [-0.05, 0) is 23.6 Å². The molecule has 0 aliphatic carbocycles. The first-order chi connectivity index (χ1) is 10.4. The van der Waals surface area contributed by atoms with Gasteiger partial charge in [-0.25, -0.2) is 21.9 Å². The van der Waals surface area contributed by atoms with E-state index in [1.54, 1.807) is 11.4 Å². The van der Waals surface area contributed by atoms with Crippen LogP contribution < -0.4 is 10.0 Å². The van der Waals surface area contributed by atoms with E-state index in [0.29, 0.717) is 6.07 Å². The van der Waals surface area contributed by atoms with Crippen LogP contribution in [0.3, 0.4) is 0 Å². The Morgan fingerprint density at radius 3 is 2.59 bits per heavy atom. The molecule has 0 aliphatic rings. The molecule has 0 radical (unpaired) electrons. The van der Waals surface area contributed by atoms with Crippen molar-refractivity contribution in [1.82, 2.24) is 10.0 Å². The van der Waals surface area contributed by atoms with Gasteiger partial charge in [0.05, 0.1) is 5.56 Å². The monoisotopic (exact) mass is 346 g/mol. The lowest BCUT2D eigenvalue weighted by Gasteiger charge is -2.07. The molecule has 0 atom stereocenters. The summed E-state index contributed by atoms with van der Waals surface area (Å²) >= 11 is 1.07. The van der Waals surface area contributed by atoms with Crippen LogP contribution >= 0.6 is 11.3 Å². The molecule has 0 fully saturated rings. The van der Waals surface area contributed by atoms with Crippen molar-refractivity contribution in [1.29, 1.82) is 0 Å². The normalized spacial score (nSPS) is 11.4. The standard InChI is InChI=1S/C13H12F2N2O3S2/c14-9-3-4-10(11(15)8-9)13(18)16-5-6-17-22(19,20)12-2-1-7-21-12/h1-4,7-8,17H,5-6H2,(H,16,18). The van der Waals surface area contributed by atoms with E-state index in [4.69, 9.17) is 0 Å². The van der Waals surface area contributed by atoms with Crippen molar-refractivity contribution in [2.75, 3.05) is 13.1 Å². The molecule has 0 saturated carbocycles. The molecule has 0 unspecified atom stereocenters. The first kappa shape index (κ1) is 16.5. The minimum Gasteiger partial charge on any atom is -0.351 e. The van der Waals surface area contributed by atoms with Gasteiger partial charge in [-0.3, -0.25) is 4.79 Å². The van der Waals surface area contributed by atoms with Crippen LogP contribution in [0.5, 0.6) is 0 Å². The lowest BCUT2D eigenvalue weighted by atomic mass is 10.2. The number of halogens is 2. The van der Waals surface area contributed by atoms with Crippen LogP contribution in [0.4, 0.5) is 8.78 Å². The number of sulfonamides is 1. The molecule has 0 saturated heterocycles. The van der Waals surface area contributed by atoms with Crippen LogP contribution in [0.2, 0.25) is 0 Å². The van der Waals surface area contributed by atoms with Gasteiger partial charge in [0.25, 0.3) is 5.91 Å². The van der Waals surface area contributed by atoms with Crippen molar-refractivity contribution in [3.63, 3.8) is 0 Å². The Morgan fingerprint density at radius 2 is 1.95 bits per heavy atom. The SMILES string of the molecule is O=C(NCCNS(=O)(=O)c1cccs1)c1ccc(F)cc1F. The number of thiophene rings is 1. The van der Waals surface area contributed by atoms with E-state index >= 15 is 0 Å². The Balaban J connectivity index is 1.85. The molecule has 1 heterocycles. The molecule has 1 amide bonds. The summed E-state index contributed by atoms with van der Waals surface area (Å²) < 4.78 is 52.2. The van der Waals surface area contributed by atoms with Crippen LogP contribution in [-0.2, 0) is 10.0 Å². The highest BCUT2D eigenvalue weighted by atomic mass is 32.2. The molecule has 1 aromatic heterocycles. The summed E-state index contributed by atoms with van der Waals surface area (Å²) in [5, 5.41) is 3.98. The highest BCUT2D eigenvalue weighted by Gasteiger charge is 2.15. The Kier molecular flexibility index (Phi) is 5.22. The lowest BCUT2D eigenvalue weighted by molar-refractivity contribution is 0.0950. The third kappa shape index (κ3) is 4.09. The van der Waals surface area contributed by atoms with Crippen molar-refractivity contribution in [2.24, 2.45) is 0 Å². The molecule has 0 spiro atoms. The predicted molar refractivity (Wildman–Crippen MR) is 78.2 cm³/mol. The maximum absolute atomic E-state index is 13.4. The quantitative estimate of drug-likeness (QED) is 0.783. The summed E-state index contributed by atoms with van der Waals surface area (Å²) in [6.07, 6.45) is 0. The van der Waals surface area contributed by atoms with E-state index in [1.807, 2.05) is 0 Å². The van der Waals surface area contributed by atoms with Crippen molar-refractivity contribution in [3.8, 4) is 0 Å². The van der Waals surface area contributed by atoms with Crippen LogP contribution in [0.15, 0.2) is 39.9 Å². The molecular formula is C13H12F2N2O3S2. The Bertz CT molecular complexity index is 762. The van der Waals surface area contributed by atoms with Gasteiger partial charge in [0.2, 0.25) is 10.0 Å². The summed E-state index contributed by atoms with van der Waals surface area (Å²) in [5.74, 6) is -2.50. The van der Waals surface area contributed by atoms with Gasteiger partial charge in [-0.1, -0.05) is 6.07 Å². The maximum Gasteiger partial charge on any atom is 0.254 e. The van der Waals surface area contributed by atoms with Crippen molar-refractivity contribution < 1.29 is 22.0 Å². The van der Waals surface area contributed by atoms with Gasteiger partial charge in [-0.2, -0.15) is 0 Å². The zero-order valence-corrected chi connectivity index (χ0v) is 12.8. The minimum absolute atomic E-state index is 0.0275. The molecule has 118 valence electrons. The molecule has 0 bridgehead atoms. The number of carbonyl (C=O) groups is 1. The summed E-state index contributed by atoms with van der Waals surface area (Å²) in [6, 6.07) is 5.67. The van der Waals surface area contributed by atoms with Crippen LogP contribution in [0, 0.1) is 11.6 Å². The summed E-state index contributed by atoms with van der Waals surface area (Å²) in [6.45, 7) is -0.0744. The molecule has 2 aromatic rings.